The van der Waals surface area contributed by atoms with Gasteiger partial charge in [0.25, 0.3) is 0 Å². The number of hydrogen-bond acceptors (Lipinski definition) is 13. The molecule has 0 aliphatic carbocycles. The quantitative estimate of drug-likeness (QED) is 0.135. The van der Waals surface area contributed by atoms with Crippen molar-refractivity contribution in [1.82, 2.24) is 34.9 Å². The van der Waals surface area contributed by atoms with Gasteiger partial charge in [-0.1, -0.05) is 6.42 Å². The summed E-state index contributed by atoms with van der Waals surface area (Å²) >= 11 is 1.76. The standard InChI is InChI=1S/C20H28N8O8S2/c21-17-14-18(23-7-22-17)28(8-24-14)19-16(31)15(30)10(36-19)5-35-38(33,34)27-12(29)4-2-1-3-11-13-9(6-37-11)25-20(32)26-13/h7-11,13,15-16,19,30-31H,1-6H2,(H,27,29)(H2,21,22,23)(H2,25,26,32)/t9?,10?,11?,13?,15-,16-,19-/m1/s1. The average molecular weight is 573 g/mol. The number of nitrogens with two attached hydrogens (primary N) is 1. The molecule has 2 aromatic rings. The number of carbonyl (C=O) groups excluding carboxylic acids is 2. The third-order valence-corrected chi connectivity index (χ3v) is 9.14. The lowest BCUT2D eigenvalue weighted by Gasteiger charge is -2.16. The molecule has 3 saturated heterocycles. The highest BCUT2D eigenvalue weighted by atomic mass is 32.2. The number of urea groups is 1. The van der Waals surface area contributed by atoms with Crippen molar-refractivity contribution in [2.75, 3.05) is 18.1 Å². The Morgan fingerprint density at radius 2 is 2.08 bits per heavy atom. The second kappa shape index (κ2) is 10.8. The Kier molecular flexibility index (Phi) is 7.60. The number of carbonyl (C=O) groups is 2. The van der Waals surface area contributed by atoms with Crippen molar-refractivity contribution in [1.29, 1.82) is 0 Å². The number of fused-ring (bicyclic) bond motifs is 2. The summed E-state index contributed by atoms with van der Waals surface area (Å²) in [5.41, 5.74) is 6.29. The number of unbranched alkanes of at least 4 members (excludes halogenated alkanes) is 1. The maximum absolute atomic E-state index is 12.3. The molecule has 5 rings (SSSR count). The molecule has 0 aromatic carbocycles. The van der Waals surface area contributed by atoms with Gasteiger partial charge < -0.3 is 31.3 Å². The van der Waals surface area contributed by atoms with Gasteiger partial charge in [0.05, 0.1) is 25.0 Å². The number of aromatic nitrogens is 4. The van der Waals surface area contributed by atoms with Crippen molar-refractivity contribution < 1.29 is 37.1 Å². The van der Waals surface area contributed by atoms with Crippen LogP contribution in [-0.4, -0.2) is 98.1 Å². The second-order valence-electron chi connectivity index (χ2n) is 9.26. The van der Waals surface area contributed by atoms with E-state index in [1.165, 1.54) is 17.2 Å². The van der Waals surface area contributed by atoms with Crippen molar-refractivity contribution in [3.8, 4) is 0 Å². The van der Waals surface area contributed by atoms with E-state index in [2.05, 4.69) is 25.6 Å². The van der Waals surface area contributed by atoms with Crippen LogP contribution in [0.2, 0.25) is 0 Å². The van der Waals surface area contributed by atoms with Crippen molar-refractivity contribution >= 4 is 51.0 Å². The first-order chi connectivity index (χ1) is 18.1. The summed E-state index contributed by atoms with van der Waals surface area (Å²) in [5, 5.41) is 26.9. The zero-order chi connectivity index (χ0) is 27.0. The van der Waals surface area contributed by atoms with E-state index in [1.54, 1.807) is 11.8 Å². The van der Waals surface area contributed by atoms with Gasteiger partial charge in [0, 0.05) is 17.4 Å². The van der Waals surface area contributed by atoms with Crippen LogP contribution in [-0.2, 0) is 24.0 Å². The topological polar surface area (TPSA) is 233 Å². The van der Waals surface area contributed by atoms with Crippen LogP contribution in [0.3, 0.4) is 0 Å². The van der Waals surface area contributed by atoms with Crippen molar-refractivity contribution in [2.45, 2.75) is 67.6 Å². The maximum atomic E-state index is 12.3. The number of rotatable bonds is 10. The summed E-state index contributed by atoms with van der Waals surface area (Å²) in [5.74, 6) is 0.225. The lowest BCUT2D eigenvalue weighted by molar-refractivity contribution is -0.119. The van der Waals surface area contributed by atoms with Crippen molar-refractivity contribution in [3.63, 3.8) is 0 Å². The van der Waals surface area contributed by atoms with E-state index in [9.17, 15) is 28.2 Å². The number of anilines is 1. The number of aliphatic hydroxyl groups excluding tert-OH is 2. The number of ether oxygens (including phenoxy) is 1. The van der Waals surface area contributed by atoms with Gasteiger partial charge in [-0.25, -0.2) is 24.5 Å². The molecule has 5 heterocycles. The number of aliphatic hydroxyl groups is 2. The lowest BCUT2D eigenvalue weighted by Crippen LogP contribution is -2.38. The molecule has 2 aromatic heterocycles. The number of nitrogens with one attached hydrogen (secondary N) is 3. The minimum atomic E-state index is -4.48. The van der Waals surface area contributed by atoms with Crippen molar-refractivity contribution in [3.05, 3.63) is 12.7 Å². The summed E-state index contributed by atoms with van der Waals surface area (Å²) in [4.78, 5) is 35.6. The van der Waals surface area contributed by atoms with Crippen LogP contribution < -0.4 is 21.1 Å². The van der Waals surface area contributed by atoms with E-state index in [0.29, 0.717) is 12.8 Å². The van der Waals surface area contributed by atoms with E-state index < -0.39 is 47.4 Å². The SMILES string of the molecule is Nc1ncnc2c1ncn2[C@@H]1OC(COS(=O)(=O)NC(=O)CCCCC2SCC3NC(=O)NC32)[C@@H](O)[C@H]1O. The van der Waals surface area contributed by atoms with Gasteiger partial charge >= 0.3 is 16.3 Å². The highest BCUT2D eigenvalue weighted by Gasteiger charge is 2.45. The first kappa shape index (κ1) is 26.8. The molecule has 7 N–H and O–H groups in total. The van der Waals surface area contributed by atoms with Gasteiger partial charge in [-0.15, -0.1) is 0 Å². The Morgan fingerprint density at radius 3 is 2.89 bits per heavy atom. The Hall–Kier alpha value is -2.77. The second-order valence-corrected chi connectivity index (χ2v) is 11.9. The van der Waals surface area contributed by atoms with Gasteiger partial charge in [-0.2, -0.15) is 20.2 Å². The molecule has 3 fully saturated rings. The first-order valence-electron chi connectivity index (χ1n) is 12.0. The number of nitrogen functional groups attached to an aromatic ring is 1. The fraction of sp³-hybridized carbons (Fsp3) is 0.650. The highest BCUT2D eigenvalue weighted by molar-refractivity contribution is 8.00. The van der Waals surface area contributed by atoms with Gasteiger partial charge in [-0.05, 0) is 12.8 Å². The third kappa shape index (κ3) is 5.50. The number of amides is 3. The molecule has 0 saturated carbocycles. The molecular formula is C20H28N8O8S2. The molecule has 0 radical (unpaired) electrons. The normalized spacial score (nSPS) is 30.8. The van der Waals surface area contributed by atoms with Gasteiger partial charge in [-0.3, -0.25) is 13.5 Å². The predicted molar refractivity (Wildman–Crippen MR) is 133 cm³/mol. The van der Waals surface area contributed by atoms with E-state index in [0.717, 1.165) is 12.2 Å². The van der Waals surface area contributed by atoms with E-state index in [-0.39, 0.29) is 46.8 Å². The minimum absolute atomic E-state index is 0.0271. The largest absolute Gasteiger partial charge is 0.387 e. The first-order valence-corrected chi connectivity index (χ1v) is 14.4. The fourth-order valence-electron chi connectivity index (χ4n) is 4.80. The van der Waals surface area contributed by atoms with Gasteiger partial charge in [0.15, 0.2) is 17.7 Å². The predicted octanol–water partition coefficient (Wildman–Crippen LogP) is -1.87. The maximum Gasteiger partial charge on any atom is 0.362 e. The summed E-state index contributed by atoms with van der Waals surface area (Å²) in [6, 6.07) is 0.0274. The molecular weight excluding hydrogens is 544 g/mol. The number of imidazole rings is 1. The molecule has 38 heavy (non-hydrogen) atoms. The van der Waals surface area contributed by atoms with Crippen LogP contribution in [0.25, 0.3) is 11.2 Å². The molecule has 3 aliphatic rings. The Labute approximate surface area is 221 Å². The third-order valence-electron chi connectivity index (χ3n) is 6.71. The zero-order valence-corrected chi connectivity index (χ0v) is 21.6. The minimum Gasteiger partial charge on any atom is -0.387 e. The molecule has 18 heteroatoms. The molecule has 208 valence electrons. The van der Waals surface area contributed by atoms with Gasteiger partial charge in [0.2, 0.25) is 5.91 Å². The number of nitrogens with zero attached hydrogens (tertiary/aromatic N) is 4. The summed E-state index contributed by atoms with van der Waals surface area (Å²) in [6.07, 6.45) is -0.884. The number of hydrogen-bond donors (Lipinski definition) is 6. The van der Waals surface area contributed by atoms with E-state index >= 15 is 0 Å². The zero-order valence-electron chi connectivity index (χ0n) is 20.0. The smallest absolute Gasteiger partial charge is 0.362 e. The molecule has 4 unspecified atom stereocenters. The van der Waals surface area contributed by atoms with Gasteiger partial charge in [0.1, 0.15) is 30.2 Å². The van der Waals surface area contributed by atoms with E-state index in [4.69, 9.17) is 14.7 Å². The Balaban J connectivity index is 1.07. The van der Waals surface area contributed by atoms with E-state index in [1.807, 2.05) is 4.72 Å². The molecule has 0 bridgehead atoms. The van der Waals surface area contributed by atoms with Crippen LogP contribution >= 0.6 is 11.8 Å². The monoisotopic (exact) mass is 572 g/mol. The lowest BCUT2D eigenvalue weighted by atomic mass is 10.0. The Bertz CT molecular complexity index is 1310. The highest BCUT2D eigenvalue weighted by Crippen LogP contribution is 2.34. The molecule has 16 nitrogen and oxygen atoms in total. The van der Waals surface area contributed by atoms with Crippen LogP contribution in [0.1, 0.15) is 31.9 Å². The van der Waals surface area contributed by atoms with Crippen LogP contribution in [0.15, 0.2) is 12.7 Å². The summed E-state index contributed by atoms with van der Waals surface area (Å²) in [7, 11) is -4.48. The molecule has 3 amide bonds. The van der Waals surface area contributed by atoms with Crippen LogP contribution in [0.4, 0.5) is 10.6 Å². The molecule has 7 atom stereocenters. The summed E-state index contributed by atoms with van der Waals surface area (Å²) < 4.78 is 38.2. The average Bonchev–Trinajstić information content (AvgIpc) is 3.61. The number of thioether (sulfide) groups is 1. The molecule has 3 aliphatic heterocycles. The fourth-order valence-corrected chi connectivity index (χ4v) is 7.10. The van der Waals surface area contributed by atoms with Crippen molar-refractivity contribution in [2.24, 2.45) is 0 Å². The molecule has 0 spiro atoms. The Morgan fingerprint density at radius 1 is 1.26 bits per heavy atom. The summed E-state index contributed by atoms with van der Waals surface area (Å²) in [6.45, 7) is -0.650. The van der Waals surface area contributed by atoms with Crippen LogP contribution in [0, 0.1) is 0 Å². The van der Waals surface area contributed by atoms with Crippen LogP contribution in [0.5, 0.6) is 0 Å².